The Morgan fingerprint density at radius 3 is 1.06 bits per heavy atom. The summed E-state index contributed by atoms with van der Waals surface area (Å²) in [5.74, 6) is 0. The number of rotatable bonds is 8. The van der Waals surface area contributed by atoms with Crippen molar-refractivity contribution in [1.29, 1.82) is 0 Å². The van der Waals surface area contributed by atoms with Crippen LogP contribution in [0.15, 0.2) is 50.6 Å². The molecule has 106 valence electrons. The molecule has 0 aliphatic rings. The molecule has 6 heteroatoms. The fourth-order valence-electron chi connectivity index (χ4n) is 0.575. The van der Waals surface area contributed by atoms with Crippen LogP contribution in [0.2, 0.25) is 0 Å². The number of nitrogens with one attached hydrogen (secondary N) is 2. The highest BCUT2D eigenvalue weighted by atomic mass is 31.1. The van der Waals surface area contributed by atoms with Crippen LogP contribution in [0.25, 0.3) is 0 Å². The summed E-state index contributed by atoms with van der Waals surface area (Å²) in [5.41, 5.74) is 0. The Labute approximate surface area is 111 Å². The van der Waals surface area contributed by atoms with Gasteiger partial charge in [0.25, 0.3) is 0 Å². The van der Waals surface area contributed by atoms with Crippen LogP contribution in [-0.2, 0) is 4.57 Å². The van der Waals surface area contributed by atoms with Gasteiger partial charge in [-0.3, -0.25) is 4.57 Å². The SMILES string of the molecule is C=CCNCC=C.C=CCNCC=C.O=[PH](O)O. The van der Waals surface area contributed by atoms with Crippen molar-refractivity contribution in [2.24, 2.45) is 0 Å². The lowest BCUT2D eigenvalue weighted by atomic mass is 10.5. The van der Waals surface area contributed by atoms with Crippen LogP contribution >= 0.6 is 8.25 Å². The van der Waals surface area contributed by atoms with Crippen molar-refractivity contribution in [3.05, 3.63) is 50.6 Å². The molecule has 0 saturated carbocycles. The monoisotopic (exact) mass is 276 g/mol. The molecule has 0 aliphatic carbocycles. The molecule has 0 amide bonds. The molecule has 0 heterocycles. The smallest absolute Gasteiger partial charge is 0.314 e. The van der Waals surface area contributed by atoms with E-state index in [4.69, 9.17) is 14.4 Å². The summed E-state index contributed by atoms with van der Waals surface area (Å²) in [7, 11) is -3.13. The predicted molar refractivity (Wildman–Crippen MR) is 80.0 cm³/mol. The third-order valence-electron chi connectivity index (χ3n) is 1.15. The average Bonchev–Trinajstić information content (AvgIpc) is 2.31. The normalized spacial score (nSPS) is 8.17. The van der Waals surface area contributed by atoms with Crippen LogP contribution in [0.3, 0.4) is 0 Å². The summed E-state index contributed by atoms with van der Waals surface area (Å²) in [6, 6.07) is 0. The van der Waals surface area contributed by atoms with Crippen molar-refractivity contribution in [3.8, 4) is 0 Å². The summed E-state index contributed by atoms with van der Waals surface area (Å²) in [6.07, 6.45) is 7.29. The highest BCUT2D eigenvalue weighted by Crippen LogP contribution is 1.98. The first-order chi connectivity index (χ1) is 8.56. The highest BCUT2D eigenvalue weighted by Gasteiger charge is 1.70. The van der Waals surface area contributed by atoms with Gasteiger partial charge in [-0.05, 0) is 0 Å². The van der Waals surface area contributed by atoms with E-state index in [2.05, 4.69) is 36.9 Å². The van der Waals surface area contributed by atoms with Crippen molar-refractivity contribution >= 4 is 8.25 Å². The second kappa shape index (κ2) is 25.0. The van der Waals surface area contributed by atoms with Crippen LogP contribution in [-0.4, -0.2) is 36.0 Å². The van der Waals surface area contributed by atoms with E-state index < -0.39 is 8.25 Å². The van der Waals surface area contributed by atoms with Crippen LogP contribution in [0.4, 0.5) is 0 Å². The Bertz CT molecular complexity index is 195. The lowest BCUT2D eigenvalue weighted by Crippen LogP contribution is -2.11. The largest absolute Gasteiger partial charge is 0.326 e. The molecule has 0 bridgehead atoms. The molecule has 0 saturated heterocycles. The van der Waals surface area contributed by atoms with Gasteiger partial charge in [-0.1, -0.05) is 24.3 Å². The fraction of sp³-hybridized carbons (Fsp3) is 0.333. The Morgan fingerprint density at radius 1 is 0.778 bits per heavy atom. The van der Waals surface area contributed by atoms with E-state index in [0.29, 0.717) is 0 Å². The van der Waals surface area contributed by atoms with E-state index in [9.17, 15) is 0 Å². The standard InChI is InChI=1S/2C6H11N.H3O3P/c2*1-3-5-7-6-4-2;1-4(2)3/h2*3-4,7H,1-2,5-6H2;4H,(H2,1,2,3). The topological polar surface area (TPSA) is 81.6 Å². The van der Waals surface area contributed by atoms with Gasteiger partial charge in [0.1, 0.15) is 0 Å². The van der Waals surface area contributed by atoms with Gasteiger partial charge in [-0.2, -0.15) is 0 Å². The summed E-state index contributed by atoms with van der Waals surface area (Å²) in [5, 5.41) is 6.10. The molecule has 0 aliphatic heterocycles. The third-order valence-corrected chi connectivity index (χ3v) is 1.15. The minimum absolute atomic E-state index is 0.867. The molecule has 0 atom stereocenters. The molecule has 0 aromatic heterocycles. The van der Waals surface area contributed by atoms with Crippen LogP contribution in [0, 0.1) is 0 Å². The second-order valence-corrected chi connectivity index (χ2v) is 3.32. The molecule has 0 aromatic rings. The van der Waals surface area contributed by atoms with E-state index >= 15 is 0 Å². The molecule has 0 aromatic carbocycles. The van der Waals surface area contributed by atoms with Crippen molar-refractivity contribution in [2.75, 3.05) is 26.2 Å². The summed E-state index contributed by atoms with van der Waals surface area (Å²) in [6.45, 7) is 17.6. The number of hydrogen-bond donors (Lipinski definition) is 4. The van der Waals surface area contributed by atoms with E-state index in [-0.39, 0.29) is 0 Å². The Hall–Kier alpha value is -0.970. The Kier molecular flexibility index (Phi) is 30.9. The zero-order valence-electron chi connectivity index (χ0n) is 10.8. The van der Waals surface area contributed by atoms with Gasteiger partial charge >= 0.3 is 8.25 Å². The van der Waals surface area contributed by atoms with Crippen molar-refractivity contribution in [2.45, 2.75) is 0 Å². The van der Waals surface area contributed by atoms with Crippen molar-refractivity contribution in [1.82, 2.24) is 10.6 Å². The van der Waals surface area contributed by atoms with Gasteiger partial charge in [-0.25, -0.2) is 0 Å². The van der Waals surface area contributed by atoms with Crippen LogP contribution in [0.1, 0.15) is 0 Å². The summed E-state index contributed by atoms with van der Waals surface area (Å²) < 4.78 is 8.74. The molecular weight excluding hydrogens is 251 g/mol. The molecule has 0 fully saturated rings. The molecule has 0 radical (unpaired) electrons. The highest BCUT2D eigenvalue weighted by molar-refractivity contribution is 7.30. The zero-order valence-corrected chi connectivity index (χ0v) is 11.8. The van der Waals surface area contributed by atoms with E-state index in [0.717, 1.165) is 26.2 Å². The summed E-state index contributed by atoms with van der Waals surface area (Å²) >= 11 is 0. The van der Waals surface area contributed by atoms with Gasteiger partial charge in [0.05, 0.1) is 0 Å². The third kappa shape index (κ3) is 59.9. The molecule has 18 heavy (non-hydrogen) atoms. The maximum Gasteiger partial charge on any atom is 0.314 e. The van der Waals surface area contributed by atoms with E-state index in [1.807, 2.05) is 24.3 Å². The fourth-order valence-corrected chi connectivity index (χ4v) is 0.575. The number of hydrogen-bond acceptors (Lipinski definition) is 3. The lowest BCUT2D eigenvalue weighted by Gasteiger charge is -1.90. The quantitative estimate of drug-likeness (QED) is 0.305. The van der Waals surface area contributed by atoms with E-state index in [1.54, 1.807) is 0 Å². The van der Waals surface area contributed by atoms with Crippen molar-refractivity contribution < 1.29 is 14.4 Å². The molecule has 0 spiro atoms. The maximum absolute atomic E-state index is 8.74. The van der Waals surface area contributed by atoms with Gasteiger partial charge < -0.3 is 20.4 Å². The lowest BCUT2D eigenvalue weighted by molar-refractivity contribution is 0.405. The van der Waals surface area contributed by atoms with Crippen molar-refractivity contribution in [3.63, 3.8) is 0 Å². The first-order valence-electron chi connectivity index (χ1n) is 5.33. The van der Waals surface area contributed by atoms with E-state index in [1.165, 1.54) is 0 Å². The Balaban J connectivity index is -0.000000196. The van der Waals surface area contributed by atoms with Gasteiger partial charge in [0.2, 0.25) is 0 Å². The van der Waals surface area contributed by atoms with Gasteiger partial charge in [0, 0.05) is 26.2 Å². The molecular formula is C12H25N2O3P. The maximum atomic E-state index is 8.74. The van der Waals surface area contributed by atoms with Gasteiger partial charge in [0.15, 0.2) is 0 Å². The summed E-state index contributed by atoms with van der Waals surface area (Å²) in [4.78, 5) is 14.3. The van der Waals surface area contributed by atoms with Crippen LogP contribution < -0.4 is 10.6 Å². The van der Waals surface area contributed by atoms with Crippen LogP contribution in [0.5, 0.6) is 0 Å². The average molecular weight is 276 g/mol. The first-order valence-corrected chi connectivity index (χ1v) is 6.63. The minimum atomic E-state index is -3.13. The predicted octanol–water partition coefficient (Wildman–Crippen LogP) is 1.26. The molecule has 0 unspecified atom stereocenters. The van der Waals surface area contributed by atoms with Gasteiger partial charge in [-0.15, -0.1) is 26.3 Å². The Morgan fingerprint density at radius 2 is 0.944 bits per heavy atom. The second-order valence-electron chi connectivity index (χ2n) is 2.75. The minimum Gasteiger partial charge on any atom is -0.326 e. The molecule has 0 rings (SSSR count). The molecule has 5 nitrogen and oxygen atoms in total. The zero-order chi connectivity index (χ0) is 14.6. The first kappa shape index (κ1) is 22.2. The molecule has 4 N–H and O–H groups in total.